The third kappa shape index (κ3) is 13.9. The molecule has 0 aliphatic carbocycles. The minimum Gasteiger partial charge on any atom is -0.402 e. The van der Waals surface area contributed by atoms with Crippen molar-refractivity contribution in [2.24, 2.45) is 11.7 Å². The smallest absolute Gasteiger partial charge is 0.00827 e. The summed E-state index contributed by atoms with van der Waals surface area (Å²) in [5.74, 6) is 3.11. The second-order valence-electron chi connectivity index (χ2n) is 5.37. The van der Waals surface area contributed by atoms with Crippen LogP contribution in [-0.2, 0) is 0 Å². The SMILES string of the molecule is CCCCCCP/C=C(\N)CCCCC(C)C. The molecule has 0 aromatic heterocycles. The molecule has 0 bridgehead atoms. The average Bonchev–Trinajstić information content (AvgIpc) is 2.29. The van der Waals surface area contributed by atoms with E-state index in [1.54, 1.807) is 0 Å². The number of hydrogen-bond donors (Lipinski definition) is 1. The topological polar surface area (TPSA) is 26.0 Å². The van der Waals surface area contributed by atoms with Gasteiger partial charge in [-0.1, -0.05) is 61.5 Å². The maximum Gasteiger partial charge on any atom is 0.00827 e. The number of allylic oxidation sites excluding steroid dienone is 1. The summed E-state index contributed by atoms with van der Waals surface area (Å²) in [6.45, 7) is 6.84. The van der Waals surface area contributed by atoms with Crippen LogP contribution in [0.1, 0.15) is 72.1 Å². The van der Waals surface area contributed by atoms with Crippen molar-refractivity contribution in [2.75, 3.05) is 6.16 Å². The molecule has 0 amide bonds. The summed E-state index contributed by atoms with van der Waals surface area (Å²) in [4.78, 5) is 0. The quantitative estimate of drug-likeness (QED) is 0.396. The van der Waals surface area contributed by atoms with Crippen LogP contribution in [0.3, 0.4) is 0 Å². The first-order valence-electron chi connectivity index (χ1n) is 7.34. The zero-order valence-electron chi connectivity index (χ0n) is 12.1. The van der Waals surface area contributed by atoms with Crippen LogP contribution in [0.25, 0.3) is 0 Å². The van der Waals surface area contributed by atoms with Gasteiger partial charge in [-0.25, -0.2) is 0 Å². The minimum atomic E-state index is 0.834. The molecule has 0 aromatic carbocycles. The Morgan fingerprint density at radius 2 is 1.88 bits per heavy atom. The van der Waals surface area contributed by atoms with E-state index in [0.717, 1.165) is 26.6 Å². The molecule has 0 radical (unpaired) electrons. The summed E-state index contributed by atoms with van der Waals surface area (Å²) in [5.41, 5.74) is 7.13. The van der Waals surface area contributed by atoms with E-state index in [0.29, 0.717) is 0 Å². The van der Waals surface area contributed by atoms with Crippen molar-refractivity contribution < 1.29 is 0 Å². The maximum absolute atomic E-state index is 6.00. The lowest BCUT2D eigenvalue weighted by atomic mass is 10.1. The van der Waals surface area contributed by atoms with Gasteiger partial charge in [0.25, 0.3) is 0 Å². The van der Waals surface area contributed by atoms with Gasteiger partial charge in [-0.3, -0.25) is 0 Å². The van der Waals surface area contributed by atoms with Crippen LogP contribution in [0.15, 0.2) is 11.5 Å². The van der Waals surface area contributed by atoms with Crippen molar-refractivity contribution in [3.63, 3.8) is 0 Å². The van der Waals surface area contributed by atoms with Gasteiger partial charge in [0, 0.05) is 5.70 Å². The first kappa shape index (κ1) is 17.0. The fraction of sp³-hybridized carbons (Fsp3) is 0.867. The molecule has 1 nitrogen and oxygen atoms in total. The Morgan fingerprint density at radius 1 is 1.12 bits per heavy atom. The van der Waals surface area contributed by atoms with Gasteiger partial charge in [-0.2, -0.15) is 0 Å². The number of unbranched alkanes of at least 4 members (excludes halogenated alkanes) is 4. The highest BCUT2D eigenvalue weighted by Crippen LogP contribution is 2.19. The lowest BCUT2D eigenvalue weighted by Crippen LogP contribution is -1.96. The zero-order valence-corrected chi connectivity index (χ0v) is 13.1. The molecule has 0 rings (SSSR count). The highest BCUT2D eigenvalue weighted by atomic mass is 31.1. The fourth-order valence-corrected chi connectivity index (χ4v) is 2.82. The Bertz CT molecular complexity index is 187. The molecular formula is C15H32NP. The highest BCUT2D eigenvalue weighted by Gasteiger charge is 1.95. The molecule has 0 aliphatic rings. The van der Waals surface area contributed by atoms with Crippen molar-refractivity contribution in [3.05, 3.63) is 11.5 Å². The van der Waals surface area contributed by atoms with Crippen molar-refractivity contribution in [1.82, 2.24) is 0 Å². The van der Waals surface area contributed by atoms with E-state index >= 15 is 0 Å². The second-order valence-corrected chi connectivity index (χ2v) is 6.57. The van der Waals surface area contributed by atoms with E-state index in [2.05, 4.69) is 26.6 Å². The predicted molar refractivity (Wildman–Crippen MR) is 82.9 cm³/mol. The Balaban J connectivity index is 3.32. The molecular weight excluding hydrogens is 225 g/mol. The molecule has 0 fully saturated rings. The molecule has 0 spiro atoms. The van der Waals surface area contributed by atoms with Gasteiger partial charge >= 0.3 is 0 Å². The molecule has 2 heteroatoms. The van der Waals surface area contributed by atoms with Gasteiger partial charge in [-0.05, 0) is 37.2 Å². The lowest BCUT2D eigenvalue weighted by Gasteiger charge is -2.05. The molecule has 1 unspecified atom stereocenters. The molecule has 0 aliphatic heterocycles. The first-order valence-corrected chi connectivity index (χ1v) is 8.63. The molecule has 17 heavy (non-hydrogen) atoms. The predicted octanol–water partition coefficient (Wildman–Crippen LogP) is 5.26. The molecule has 0 aromatic rings. The van der Waals surface area contributed by atoms with Crippen LogP contribution < -0.4 is 5.73 Å². The fourth-order valence-electron chi connectivity index (χ4n) is 1.81. The van der Waals surface area contributed by atoms with Crippen LogP contribution in [0.5, 0.6) is 0 Å². The van der Waals surface area contributed by atoms with Crippen molar-refractivity contribution in [1.29, 1.82) is 0 Å². The number of hydrogen-bond acceptors (Lipinski definition) is 1. The third-order valence-electron chi connectivity index (χ3n) is 2.96. The largest absolute Gasteiger partial charge is 0.402 e. The van der Waals surface area contributed by atoms with Gasteiger partial charge in [0.2, 0.25) is 0 Å². The van der Waals surface area contributed by atoms with Gasteiger partial charge in [0.05, 0.1) is 0 Å². The number of rotatable bonds is 11. The zero-order chi connectivity index (χ0) is 12.9. The van der Waals surface area contributed by atoms with Crippen LogP contribution in [0.2, 0.25) is 0 Å². The van der Waals surface area contributed by atoms with Crippen LogP contribution in [0.4, 0.5) is 0 Å². The van der Waals surface area contributed by atoms with Crippen LogP contribution in [-0.4, -0.2) is 6.16 Å². The van der Waals surface area contributed by atoms with E-state index in [9.17, 15) is 0 Å². The second kappa shape index (κ2) is 12.4. The van der Waals surface area contributed by atoms with E-state index in [1.165, 1.54) is 51.1 Å². The summed E-state index contributed by atoms with van der Waals surface area (Å²) in [6, 6.07) is 0. The summed E-state index contributed by atoms with van der Waals surface area (Å²) >= 11 is 0. The van der Waals surface area contributed by atoms with Crippen molar-refractivity contribution in [3.8, 4) is 0 Å². The Kier molecular flexibility index (Phi) is 12.4. The molecule has 102 valence electrons. The lowest BCUT2D eigenvalue weighted by molar-refractivity contribution is 0.537. The monoisotopic (exact) mass is 257 g/mol. The van der Waals surface area contributed by atoms with Gasteiger partial charge in [-0.15, -0.1) is 0 Å². The molecule has 1 atom stereocenters. The van der Waals surface area contributed by atoms with Crippen molar-refractivity contribution in [2.45, 2.75) is 72.1 Å². The Morgan fingerprint density at radius 3 is 2.53 bits per heavy atom. The standard InChI is InChI=1S/C15H32NP/c1-4-5-6-9-12-17-13-15(16)11-8-7-10-14(2)3/h13-14,17H,4-12,16H2,1-3H3/b15-13-. The Labute approximate surface area is 110 Å². The van der Waals surface area contributed by atoms with E-state index in [-0.39, 0.29) is 0 Å². The summed E-state index contributed by atoms with van der Waals surface area (Å²) in [7, 11) is 0.944. The van der Waals surface area contributed by atoms with Crippen LogP contribution >= 0.6 is 8.58 Å². The molecule has 2 N–H and O–H groups in total. The van der Waals surface area contributed by atoms with E-state index < -0.39 is 0 Å². The molecule has 0 heterocycles. The summed E-state index contributed by atoms with van der Waals surface area (Å²) in [6.07, 6.45) is 11.9. The van der Waals surface area contributed by atoms with Gasteiger partial charge in [0.15, 0.2) is 0 Å². The molecule has 0 saturated carbocycles. The highest BCUT2D eigenvalue weighted by molar-refractivity contribution is 7.41. The maximum atomic E-state index is 6.00. The minimum absolute atomic E-state index is 0.834. The normalized spacial score (nSPS) is 13.1. The van der Waals surface area contributed by atoms with E-state index in [1.807, 2.05) is 0 Å². The number of nitrogens with two attached hydrogens (primary N) is 1. The van der Waals surface area contributed by atoms with Gasteiger partial charge in [0.1, 0.15) is 0 Å². The summed E-state index contributed by atoms with van der Waals surface area (Å²) < 4.78 is 0. The van der Waals surface area contributed by atoms with Gasteiger partial charge < -0.3 is 5.73 Å². The average molecular weight is 257 g/mol. The third-order valence-corrected chi connectivity index (χ3v) is 4.18. The van der Waals surface area contributed by atoms with E-state index in [4.69, 9.17) is 5.73 Å². The first-order chi connectivity index (χ1) is 8.16. The Hall–Kier alpha value is -0.0300. The summed E-state index contributed by atoms with van der Waals surface area (Å²) in [5, 5.41) is 0. The van der Waals surface area contributed by atoms with Crippen molar-refractivity contribution >= 4 is 8.58 Å². The van der Waals surface area contributed by atoms with Crippen LogP contribution in [0, 0.1) is 5.92 Å². The molecule has 0 saturated heterocycles.